The Morgan fingerprint density at radius 1 is 1.38 bits per heavy atom. The van der Waals surface area contributed by atoms with Crippen LogP contribution in [0.4, 0.5) is 18.6 Å². The molecular weight excluding hydrogens is 249 g/mol. The monoisotopic (exact) mass is 257 g/mol. The van der Waals surface area contributed by atoms with Crippen LogP contribution in [-0.4, -0.2) is 20.1 Å². The SMILES string of the molecule is COC(=O)c1ccc([B-](F)(F)F)c(N)c1.[K+]. The summed E-state index contributed by atoms with van der Waals surface area (Å²) in [7, 11) is 1.14. The van der Waals surface area contributed by atoms with Gasteiger partial charge in [-0.3, -0.25) is 0 Å². The Bertz CT molecular complexity index is 397. The molecule has 1 rings (SSSR count). The standard InChI is InChI=1S/C8H8BF3NO2.K/c1-15-8(14)5-2-3-6(7(13)4-5)9(10,11)12;/h2-4H,13H2,1H3;/q-1;+1. The van der Waals surface area contributed by atoms with Crippen molar-refractivity contribution in [3.63, 3.8) is 0 Å². The van der Waals surface area contributed by atoms with Gasteiger partial charge in [-0.15, -0.1) is 0 Å². The summed E-state index contributed by atoms with van der Waals surface area (Å²) in [6.07, 6.45) is 0. The molecule has 1 aromatic carbocycles. The summed E-state index contributed by atoms with van der Waals surface area (Å²) in [5.41, 5.74) is 3.82. The van der Waals surface area contributed by atoms with E-state index in [2.05, 4.69) is 4.74 Å². The summed E-state index contributed by atoms with van der Waals surface area (Å²) in [5.74, 6) is -0.720. The van der Waals surface area contributed by atoms with Gasteiger partial charge in [0.05, 0.1) is 12.7 Å². The molecule has 0 amide bonds. The number of carbonyl (C=O) groups is 1. The van der Waals surface area contributed by atoms with Gasteiger partial charge in [0.1, 0.15) is 0 Å². The molecule has 0 heterocycles. The Hall–Kier alpha value is -0.0187. The molecule has 0 unspecified atom stereocenters. The van der Waals surface area contributed by atoms with Crippen molar-refractivity contribution in [1.82, 2.24) is 0 Å². The largest absolute Gasteiger partial charge is 1.00 e. The number of ether oxygens (including phenoxy) is 1. The first-order valence-corrected chi connectivity index (χ1v) is 4.04. The summed E-state index contributed by atoms with van der Waals surface area (Å²) in [6.45, 7) is -5.15. The minimum Gasteiger partial charge on any atom is -0.465 e. The van der Waals surface area contributed by atoms with Crippen LogP contribution < -0.4 is 62.6 Å². The second-order valence-corrected chi connectivity index (χ2v) is 2.91. The minimum absolute atomic E-state index is 0. The third kappa shape index (κ3) is 3.78. The van der Waals surface area contributed by atoms with Crippen LogP contribution in [0, 0.1) is 0 Å². The second-order valence-electron chi connectivity index (χ2n) is 2.91. The fourth-order valence-corrected chi connectivity index (χ4v) is 1.12. The molecule has 0 saturated heterocycles. The molecule has 0 radical (unpaired) electrons. The third-order valence-electron chi connectivity index (χ3n) is 1.86. The van der Waals surface area contributed by atoms with Crippen LogP contribution in [0.1, 0.15) is 10.4 Å². The van der Waals surface area contributed by atoms with Gasteiger partial charge in [-0.2, -0.15) is 0 Å². The van der Waals surface area contributed by atoms with Crippen LogP contribution in [0.5, 0.6) is 0 Å². The molecule has 0 aliphatic heterocycles. The topological polar surface area (TPSA) is 52.3 Å². The summed E-state index contributed by atoms with van der Waals surface area (Å²) >= 11 is 0. The van der Waals surface area contributed by atoms with Crippen LogP contribution in [0.3, 0.4) is 0 Å². The Labute approximate surface area is 133 Å². The van der Waals surface area contributed by atoms with Gasteiger partial charge in [0.25, 0.3) is 0 Å². The first-order valence-electron chi connectivity index (χ1n) is 4.04. The van der Waals surface area contributed by atoms with E-state index in [1.807, 2.05) is 0 Å². The smallest absolute Gasteiger partial charge is 0.465 e. The molecular formula is C8H8BF3KNO2. The molecule has 2 N–H and O–H groups in total. The Morgan fingerprint density at radius 3 is 2.31 bits per heavy atom. The number of rotatable bonds is 2. The molecule has 0 bridgehead atoms. The van der Waals surface area contributed by atoms with E-state index in [1.165, 1.54) is 0 Å². The van der Waals surface area contributed by atoms with E-state index in [4.69, 9.17) is 5.73 Å². The maximum Gasteiger partial charge on any atom is 1.00 e. The molecule has 0 fully saturated rings. The molecule has 3 nitrogen and oxygen atoms in total. The summed E-state index contributed by atoms with van der Waals surface area (Å²) in [4.78, 5) is 11.0. The van der Waals surface area contributed by atoms with Crippen molar-refractivity contribution >= 4 is 24.1 Å². The maximum atomic E-state index is 12.3. The summed E-state index contributed by atoms with van der Waals surface area (Å²) in [6, 6.07) is 2.77. The zero-order chi connectivity index (χ0) is 11.6. The molecule has 0 aromatic heterocycles. The minimum atomic E-state index is -5.15. The van der Waals surface area contributed by atoms with Gasteiger partial charge < -0.3 is 23.4 Å². The van der Waals surface area contributed by atoms with Gasteiger partial charge in [-0.25, -0.2) is 4.79 Å². The van der Waals surface area contributed by atoms with E-state index in [0.29, 0.717) is 0 Å². The van der Waals surface area contributed by atoms with Crippen molar-refractivity contribution in [3.8, 4) is 0 Å². The number of methoxy groups -OCH3 is 1. The van der Waals surface area contributed by atoms with Crippen molar-refractivity contribution in [1.29, 1.82) is 0 Å². The number of carbonyl (C=O) groups excluding carboxylic acids is 1. The number of anilines is 1. The second kappa shape index (κ2) is 6.06. The molecule has 0 saturated carbocycles. The molecule has 0 atom stereocenters. The van der Waals surface area contributed by atoms with Gasteiger partial charge in [0, 0.05) is 5.69 Å². The fraction of sp³-hybridized carbons (Fsp3) is 0.125. The molecule has 16 heavy (non-hydrogen) atoms. The van der Waals surface area contributed by atoms with Gasteiger partial charge in [0.2, 0.25) is 0 Å². The van der Waals surface area contributed by atoms with E-state index < -0.39 is 24.1 Å². The predicted octanol–water partition coefficient (Wildman–Crippen LogP) is -1.89. The Balaban J connectivity index is 0.00000225. The third-order valence-corrected chi connectivity index (χ3v) is 1.86. The normalized spacial score (nSPS) is 10.5. The zero-order valence-corrected chi connectivity index (χ0v) is 12.0. The average Bonchev–Trinajstić information content (AvgIpc) is 2.14. The van der Waals surface area contributed by atoms with Crippen molar-refractivity contribution in [2.45, 2.75) is 0 Å². The van der Waals surface area contributed by atoms with Crippen LogP contribution in [0.25, 0.3) is 0 Å². The summed E-state index contributed by atoms with van der Waals surface area (Å²) < 4.78 is 41.3. The molecule has 8 heteroatoms. The van der Waals surface area contributed by atoms with Crippen molar-refractivity contribution in [2.24, 2.45) is 0 Å². The van der Waals surface area contributed by atoms with Crippen molar-refractivity contribution in [2.75, 3.05) is 12.8 Å². The number of esters is 1. The van der Waals surface area contributed by atoms with Crippen molar-refractivity contribution in [3.05, 3.63) is 23.8 Å². The Morgan fingerprint density at radius 2 is 1.94 bits per heavy atom. The van der Waals surface area contributed by atoms with Crippen LogP contribution >= 0.6 is 0 Å². The van der Waals surface area contributed by atoms with Crippen LogP contribution in [-0.2, 0) is 4.74 Å². The molecule has 82 valence electrons. The number of nitrogen functional groups attached to an aromatic ring is 1. The van der Waals surface area contributed by atoms with E-state index in [9.17, 15) is 17.7 Å². The molecule has 0 aliphatic rings. The zero-order valence-electron chi connectivity index (χ0n) is 8.84. The number of benzene rings is 1. The quantitative estimate of drug-likeness (QED) is 0.383. The van der Waals surface area contributed by atoms with E-state index in [-0.39, 0.29) is 56.9 Å². The van der Waals surface area contributed by atoms with Gasteiger partial charge >= 0.3 is 64.3 Å². The molecule has 0 aliphatic carbocycles. The van der Waals surface area contributed by atoms with E-state index >= 15 is 0 Å². The van der Waals surface area contributed by atoms with Crippen molar-refractivity contribution < 1.29 is 73.9 Å². The van der Waals surface area contributed by atoms with Crippen LogP contribution in [0.2, 0.25) is 0 Å². The van der Waals surface area contributed by atoms with Gasteiger partial charge in [-0.05, 0) is 6.07 Å². The van der Waals surface area contributed by atoms with Crippen LogP contribution in [0.15, 0.2) is 18.2 Å². The van der Waals surface area contributed by atoms with E-state index in [1.54, 1.807) is 0 Å². The number of nitrogens with two attached hydrogens (primary N) is 1. The summed E-state index contributed by atoms with van der Waals surface area (Å²) in [5, 5.41) is 0. The van der Waals surface area contributed by atoms with E-state index in [0.717, 1.165) is 25.3 Å². The first kappa shape index (κ1) is 16.0. The molecule has 1 aromatic rings. The Kier molecular flexibility index (Phi) is 6.05. The molecule has 0 spiro atoms. The average molecular weight is 257 g/mol. The maximum absolute atomic E-state index is 12.3. The number of hydrogen-bond donors (Lipinski definition) is 1. The van der Waals surface area contributed by atoms with Gasteiger partial charge in [-0.1, -0.05) is 17.6 Å². The first-order chi connectivity index (χ1) is 6.86. The predicted molar refractivity (Wildman–Crippen MR) is 50.9 cm³/mol. The number of hydrogen-bond acceptors (Lipinski definition) is 3. The number of halogens is 3. The van der Waals surface area contributed by atoms with Gasteiger partial charge in [0.15, 0.2) is 0 Å². The fourth-order valence-electron chi connectivity index (χ4n) is 1.12.